The van der Waals surface area contributed by atoms with Crippen LogP contribution in [0.2, 0.25) is 0 Å². The highest BCUT2D eigenvalue weighted by atomic mass is 16.3. The fraction of sp³-hybridized carbons (Fsp3) is 0.778. The molecule has 0 aromatic heterocycles. The molecule has 1 heterocycles. The molecule has 1 fully saturated rings. The smallest absolute Gasteiger partial charge is 0.225 e. The van der Waals surface area contributed by atoms with E-state index in [0.29, 0.717) is 13.1 Å². The van der Waals surface area contributed by atoms with Gasteiger partial charge in [0.25, 0.3) is 0 Å². The number of carbonyl (C=O) groups is 1. The molecule has 14 heavy (non-hydrogen) atoms. The molecule has 0 aromatic carbocycles. The van der Waals surface area contributed by atoms with Gasteiger partial charge in [-0.2, -0.15) is 0 Å². The molecule has 1 amide bonds. The maximum absolute atomic E-state index is 11.5. The van der Waals surface area contributed by atoms with Crippen molar-refractivity contribution in [2.75, 3.05) is 13.1 Å². The van der Waals surface area contributed by atoms with Crippen LogP contribution < -0.4 is 5.73 Å². The van der Waals surface area contributed by atoms with Crippen molar-refractivity contribution in [2.24, 2.45) is 10.7 Å². The zero-order valence-corrected chi connectivity index (χ0v) is 8.39. The molecule has 80 valence electrons. The molecule has 3 N–H and O–H groups in total. The number of aliphatic hydroxyl groups excluding tert-OH is 1. The normalized spacial score (nSPS) is 24.4. The van der Waals surface area contributed by atoms with Crippen LogP contribution >= 0.6 is 0 Å². The molecule has 0 spiro atoms. The maximum atomic E-state index is 11.5. The van der Waals surface area contributed by atoms with Gasteiger partial charge in [-0.15, -0.1) is 0 Å². The topological polar surface area (TPSA) is 78.9 Å². The van der Waals surface area contributed by atoms with Crippen LogP contribution in [0.4, 0.5) is 0 Å². The Labute approximate surface area is 83.6 Å². The van der Waals surface area contributed by atoms with Crippen LogP contribution in [0.3, 0.4) is 0 Å². The van der Waals surface area contributed by atoms with Crippen molar-refractivity contribution in [3.63, 3.8) is 0 Å². The number of nitrogens with zero attached hydrogens (tertiary/aromatic N) is 2. The lowest BCUT2D eigenvalue weighted by molar-refractivity contribution is -0.131. The number of likely N-dealkylation sites (tertiary alicyclic amines) is 1. The standard InChI is InChI=1S/C9H17N3O2/c1-7(13)4-9(14)12-3-2-8(5-12)11-6-10/h6-8,13H,2-5H2,1H3,(H2,10,11). The predicted octanol–water partition coefficient (Wildman–Crippen LogP) is -0.655. The van der Waals surface area contributed by atoms with Gasteiger partial charge in [0.15, 0.2) is 0 Å². The number of aliphatic imine (C=N–C) groups is 1. The molecule has 0 saturated carbocycles. The van der Waals surface area contributed by atoms with Crippen molar-refractivity contribution in [1.29, 1.82) is 0 Å². The quantitative estimate of drug-likeness (QED) is 0.468. The van der Waals surface area contributed by atoms with E-state index in [1.54, 1.807) is 11.8 Å². The van der Waals surface area contributed by atoms with Gasteiger partial charge in [0.2, 0.25) is 5.91 Å². The van der Waals surface area contributed by atoms with Gasteiger partial charge in [0, 0.05) is 13.1 Å². The number of aliphatic hydroxyl groups is 1. The van der Waals surface area contributed by atoms with E-state index in [1.165, 1.54) is 6.34 Å². The Kier molecular flexibility index (Phi) is 3.88. The minimum Gasteiger partial charge on any atom is -0.393 e. The average molecular weight is 199 g/mol. The third-order valence-electron chi connectivity index (χ3n) is 2.28. The van der Waals surface area contributed by atoms with Gasteiger partial charge in [-0.25, -0.2) is 0 Å². The number of carbonyl (C=O) groups excluding carboxylic acids is 1. The average Bonchev–Trinajstić information content (AvgIpc) is 2.52. The fourth-order valence-corrected chi connectivity index (χ4v) is 1.59. The first kappa shape index (κ1) is 11.0. The Hall–Kier alpha value is -1.10. The Morgan fingerprint density at radius 3 is 3.14 bits per heavy atom. The summed E-state index contributed by atoms with van der Waals surface area (Å²) in [6.45, 7) is 2.95. The van der Waals surface area contributed by atoms with Crippen LogP contribution in [0.5, 0.6) is 0 Å². The van der Waals surface area contributed by atoms with Crippen LogP contribution in [-0.2, 0) is 4.79 Å². The fourth-order valence-electron chi connectivity index (χ4n) is 1.59. The van der Waals surface area contributed by atoms with Gasteiger partial charge in [0.05, 0.1) is 24.9 Å². The largest absolute Gasteiger partial charge is 0.393 e. The summed E-state index contributed by atoms with van der Waals surface area (Å²) in [5.41, 5.74) is 5.18. The van der Waals surface area contributed by atoms with Crippen molar-refractivity contribution in [3.05, 3.63) is 0 Å². The van der Waals surface area contributed by atoms with Gasteiger partial charge in [-0.1, -0.05) is 0 Å². The summed E-state index contributed by atoms with van der Waals surface area (Å²) in [6, 6.07) is 0.137. The minimum absolute atomic E-state index is 0.00489. The van der Waals surface area contributed by atoms with Gasteiger partial charge in [-0.3, -0.25) is 9.79 Å². The molecule has 1 aliphatic heterocycles. The molecule has 1 saturated heterocycles. The third kappa shape index (κ3) is 2.99. The highest BCUT2D eigenvalue weighted by Crippen LogP contribution is 2.13. The summed E-state index contributed by atoms with van der Waals surface area (Å²) in [7, 11) is 0. The molecular formula is C9H17N3O2. The van der Waals surface area contributed by atoms with E-state index in [0.717, 1.165) is 6.42 Å². The summed E-state index contributed by atoms with van der Waals surface area (Å²) in [6.07, 6.45) is 1.77. The molecule has 5 nitrogen and oxygen atoms in total. The second kappa shape index (κ2) is 4.95. The second-order valence-corrected chi connectivity index (χ2v) is 3.63. The van der Waals surface area contributed by atoms with E-state index in [2.05, 4.69) is 4.99 Å². The Bertz CT molecular complexity index is 228. The van der Waals surface area contributed by atoms with Crippen molar-refractivity contribution in [1.82, 2.24) is 4.90 Å². The summed E-state index contributed by atoms with van der Waals surface area (Å²) in [4.78, 5) is 17.2. The summed E-state index contributed by atoms with van der Waals surface area (Å²) < 4.78 is 0. The van der Waals surface area contributed by atoms with E-state index in [-0.39, 0.29) is 18.4 Å². The highest BCUT2D eigenvalue weighted by Gasteiger charge is 2.25. The first-order chi connectivity index (χ1) is 6.63. The Morgan fingerprint density at radius 1 is 1.86 bits per heavy atom. The highest BCUT2D eigenvalue weighted by molar-refractivity contribution is 5.77. The van der Waals surface area contributed by atoms with Gasteiger partial charge in [-0.05, 0) is 13.3 Å². The van der Waals surface area contributed by atoms with Crippen LogP contribution in [0.15, 0.2) is 4.99 Å². The molecule has 0 bridgehead atoms. The summed E-state index contributed by atoms with van der Waals surface area (Å²) in [5.74, 6) is -0.00489. The molecule has 1 rings (SSSR count). The summed E-state index contributed by atoms with van der Waals surface area (Å²) in [5, 5.41) is 9.06. The molecule has 2 atom stereocenters. The van der Waals surface area contributed by atoms with Crippen LogP contribution in [0.1, 0.15) is 19.8 Å². The van der Waals surface area contributed by atoms with Gasteiger partial charge < -0.3 is 15.7 Å². The lowest BCUT2D eigenvalue weighted by Gasteiger charge is -2.16. The van der Waals surface area contributed by atoms with E-state index in [4.69, 9.17) is 10.8 Å². The van der Waals surface area contributed by atoms with Crippen LogP contribution in [0.25, 0.3) is 0 Å². The SMILES string of the molecule is CC(O)CC(=O)N1CCC(N=CN)C1. The lowest BCUT2D eigenvalue weighted by Crippen LogP contribution is -2.31. The Morgan fingerprint density at radius 2 is 2.57 bits per heavy atom. The van der Waals surface area contributed by atoms with Crippen LogP contribution in [-0.4, -0.2) is 47.5 Å². The number of rotatable bonds is 3. The number of amides is 1. The third-order valence-corrected chi connectivity index (χ3v) is 2.28. The van der Waals surface area contributed by atoms with Crippen molar-refractivity contribution in [3.8, 4) is 0 Å². The van der Waals surface area contributed by atoms with E-state index in [9.17, 15) is 4.79 Å². The molecule has 1 aliphatic rings. The summed E-state index contributed by atoms with van der Waals surface area (Å²) >= 11 is 0. The van der Waals surface area contributed by atoms with E-state index in [1.807, 2.05) is 0 Å². The van der Waals surface area contributed by atoms with E-state index >= 15 is 0 Å². The molecular weight excluding hydrogens is 182 g/mol. The second-order valence-electron chi connectivity index (χ2n) is 3.63. The van der Waals surface area contributed by atoms with Crippen LogP contribution in [0, 0.1) is 0 Å². The molecule has 0 aliphatic carbocycles. The van der Waals surface area contributed by atoms with E-state index < -0.39 is 6.10 Å². The monoisotopic (exact) mass is 199 g/mol. The van der Waals surface area contributed by atoms with Crippen molar-refractivity contribution < 1.29 is 9.90 Å². The molecule has 0 aromatic rings. The Balaban J connectivity index is 2.37. The van der Waals surface area contributed by atoms with Crippen molar-refractivity contribution in [2.45, 2.75) is 31.9 Å². The van der Waals surface area contributed by atoms with Gasteiger partial charge >= 0.3 is 0 Å². The zero-order chi connectivity index (χ0) is 10.6. The molecule has 2 unspecified atom stereocenters. The maximum Gasteiger partial charge on any atom is 0.225 e. The van der Waals surface area contributed by atoms with Gasteiger partial charge in [0.1, 0.15) is 0 Å². The minimum atomic E-state index is -0.570. The molecule has 5 heteroatoms. The predicted molar refractivity (Wildman–Crippen MR) is 54.0 cm³/mol. The first-order valence-corrected chi connectivity index (χ1v) is 4.82. The zero-order valence-electron chi connectivity index (χ0n) is 8.39. The number of hydrogen-bond donors (Lipinski definition) is 2. The molecule has 0 radical (unpaired) electrons. The lowest BCUT2D eigenvalue weighted by atomic mass is 10.2. The number of nitrogens with two attached hydrogens (primary N) is 1. The van der Waals surface area contributed by atoms with Crippen molar-refractivity contribution >= 4 is 12.2 Å². The number of hydrogen-bond acceptors (Lipinski definition) is 3. The first-order valence-electron chi connectivity index (χ1n) is 4.82.